The highest BCUT2D eigenvalue weighted by Crippen LogP contribution is 2.18. The minimum atomic E-state index is -0.430. The van der Waals surface area contributed by atoms with E-state index in [0.717, 1.165) is 28.0 Å². The van der Waals surface area contributed by atoms with E-state index in [-0.39, 0.29) is 5.57 Å². The molecule has 4 heteroatoms. The van der Waals surface area contributed by atoms with Gasteiger partial charge in [0, 0.05) is 5.69 Å². The average Bonchev–Trinajstić information content (AvgIpc) is 2.75. The van der Waals surface area contributed by atoms with E-state index >= 15 is 0 Å². The van der Waals surface area contributed by atoms with Crippen molar-refractivity contribution in [1.82, 2.24) is 0 Å². The molecule has 1 amide bonds. The van der Waals surface area contributed by atoms with Gasteiger partial charge in [-0.05, 0) is 73.4 Å². The van der Waals surface area contributed by atoms with Gasteiger partial charge in [0.1, 0.15) is 24.0 Å². The first-order chi connectivity index (χ1) is 14.4. The molecule has 0 atom stereocenters. The number of ether oxygens (including phenoxy) is 1. The maximum atomic E-state index is 12.5. The normalized spacial score (nSPS) is 10.9. The number of anilines is 1. The molecular formula is C26H24N2O2. The Bertz CT molecular complexity index is 1110. The number of hydrogen-bond acceptors (Lipinski definition) is 3. The first-order valence-corrected chi connectivity index (χ1v) is 9.73. The SMILES string of the molecule is Cc1ccc(COc2ccc(/C=C(\C#N)C(=O)Nc3ccc(C)c(C)c3)cc2)cc1. The van der Waals surface area contributed by atoms with Gasteiger partial charge in [-0.3, -0.25) is 4.79 Å². The highest BCUT2D eigenvalue weighted by molar-refractivity contribution is 6.09. The highest BCUT2D eigenvalue weighted by atomic mass is 16.5. The van der Waals surface area contributed by atoms with Gasteiger partial charge < -0.3 is 10.1 Å². The van der Waals surface area contributed by atoms with Crippen molar-refractivity contribution < 1.29 is 9.53 Å². The van der Waals surface area contributed by atoms with Crippen molar-refractivity contribution in [3.05, 3.63) is 100 Å². The van der Waals surface area contributed by atoms with Crippen molar-refractivity contribution in [1.29, 1.82) is 5.26 Å². The van der Waals surface area contributed by atoms with Crippen molar-refractivity contribution >= 4 is 17.7 Å². The first-order valence-electron chi connectivity index (χ1n) is 9.73. The van der Waals surface area contributed by atoms with E-state index in [0.29, 0.717) is 12.3 Å². The highest BCUT2D eigenvalue weighted by Gasteiger charge is 2.10. The molecule has 0 spiro atoms. The van der Waals surface area contributed by atoms with Crippen LogP contribution < -0.4 is 10.1 Å². The maximum Gasteiger partial charge on any atom is 0.266 e. The van der Waals surface area contributed by atoms with E-state index < -0.39 is 5.91 Å². The van der Waals surface area contributed by atoms with Gasteiger partial charge in [0.2, 0.25) is 0 Å². The fraction of sp³-hybridized carbons (Fsp3) is 0.154. The molecule has 3 rings (SSSR count). The quantitative estimate of drug-likeness (QED) is 0.427. The summed E-state index contributed by atoms with van der Waals surface area (Å²) in [4.78, 5) is 12.5. The lowest BCUT2D eigenvalue weighted by atomic mass is 10.1. The standard InChI is InChI=1S/C26H24N2O2/c1-18-4-7-22(8-5-18)17-30-25-12-9-21(10-13-25)15-23(16-27)26(29)28-24-11-6-19(2)20(3)14-24/h4-15H,17H2,1-3H3,(H,28,29)/b23-15+. The Labute approximate surface area is 177 Å². The van der Waals surface area contributed by atoms with Gasteiger partial charge in [0.05, 0.1) is 0 Å². The zero-order chi connectivity index (χ0) is 21.5. The van der Waals surface area contributed by atoms with Crippen LogP contribution >= 0.6 is 0 Å². The van der Waals surface area contributed by atoms with Crippen LogP contribution in [0, 0.1) is 32.1 Å². The summed E-state index contributed by atoms with van der Waals surface area (Å²) in [5.41, 5.74) is 6.00. The molecule has 0 aliphatic carbocycles. The number of benzene rings is 3. The predicted molar refractivity (Wildman–Crippen MR) is 120 cm³/mol. The van der Waals surface area contributed by atoms with Gasteiger partial charge in [-0.25, -0.2) is 0 Å². The summed E-state index contributed by atoms with van der Waals surface area (Å²) in [6.45, 7) is 6.52. The van der Waals surface area contributed by atoms with Crippen LogP contribution in [0.15, 0.2) is 72.3 Å². The van der Waals surface area contributed by atoms with E-state index in [1.165, 1.54) is 5.56 Å². The summed E-state index contributed by atoms with van der Waals surface area (Å²) in [5, 5.41) is 12.2. The molecule has 150 valence electrons. The van der Waals surface area contributed by atoms with E-state index in [1.807, 2.05) is 74.5 Å². The summed E-state index contributed by atoms with van der Waals surface area (Å²) in [7, 11) is 0. The fourth-order valence-corrected chi connectivity index (χ4v) is 2.84. The minimum Gasteiger partial charge on any atom is -0.489 e. The molecule has 0 fully saturated rings. The number of nitriles is 1. The van der Waals surface area contributed by atoms with E-state index in [4.69, 9.17) is 4.74 Å². The molecule has 30 heavy (non-hydrogen) atoms. The third kappa shape index (κ3) is 5.59. The molecule has 0 saturated heterocycles. The van der Waals surface area contributed by atoms with Gasteiger partial charge in [-0.1, -0.05) is 48.0 Å². The molecule has 0 aromatic heterocycles. The molecule has 0 aliphatic rings. The van der Waals surface area contributed by atoms with Crippen molar-refractivity contribution in [2.75, 3.05) is 5.32 Å². The lowest BCUT2D eigenvalue weighted by molar-refractivity contribution is -0.112. The number of hydrogen-bond donors (Lipinski definition) is 1. The smallest absolute Gasteiger partial charge is 0.266 e. The molecule has 4 nitrogen and oxygen atoms in total. The van der Waals surface area contributed by atoms with Crippen LogP contribution in [0.2, 0.25) is 0 Å². The van der Waals surface area contributed by atoms with Crippen LogP contribution in [0.25, 0.3) is 6.08 Å². The molecule has 0 radical (unpaired) electrons. The fourth-order valence-electron chi connectivity index (χ4n) is 2.84. The molecule has 0 unspecified atom stereocenters. The first kappa shape index (κ1) is 20.9. The Morgan fingerprint density at radius 2 is 1.67 bits per heavy atom. The van der Waals surface area contributed by atoms with Crippen LogP contribution in [-0.2, 0) is 11.4 Å². The Kier molecular flexibility index (Phi) is 6.67. The number of nitrogens with zero attached hydrogens (tertiary/aromatic N) is 1. The Hall–Kier alpha value is -3.84. The molecule has 0 bridgehead atoms. The summed E-state index contributed by atoms with van der Waals surface area (Å²) >= 11 is 0. The number of rotatable bonds is 6. The second-order valence-corrected chi connectivity index (χ2v) is 7.27. The van der Waals surface area contributed by atoms with Crippen LogP contribution in [0.1, 0.15) is 27.8 Å². The second-order valence-electron chi connectivity index (χ2n) is 7.27. The van der Waals surface area contributed by atoms with Gasteiger partial charge in [-0.2, -0.15) is 5.26 Å². The monoisotopic (exact) mass is 396 g/mol. The van der Waals surface area contributed by atoms with Gasteiger partial charge in [-0.15, -0.1) is 0 Å². The summed E-state index contributed by atoms with van der Waals surface area (Å²) in [6, 6.07) is 23.1. The zero-order valence-electron chi connectivity index (χ0n) is 17.4. The minimum absolute atomic E-state index is 0.0431. The Morgan fingerprint density at radius 1 is 0.967 bits per heavy atom. The van der Waals surface area contributed by atoms with Crippen LogP contribution in [-0.4, -0.2) is 5.91 Å². The van der Waals surface area contributed by atoms with E-state index in [1.54, 1.807) is 6.08 Å². The van der Waals surface area contributed by atoms with E-state index in [9.17, 15) is 10.1 Å². The summed E-state index contributed by atoms with van der Waals surface area (Å²) < 4.78 is 5.80. The molecule has 0 saturated carbocycles. The molecule has 0 aliphatic heterocycles. The number of aryl methyl sites for hydroxylation is 3. The van der Waals surface area contributed by atoms with Crippen LogP contribution in [0.3, 0.4) is 0 Å². The maximum absolute atomic E-state index is 12.5. The summed E-state index contributed by atoms with van der Waals surface area (Å²) in [5.74, 6) is 0.297. The summed E-state index contributed by atoms with van der Waals surface area (Å²) in [6.07, 6.45) is 1.57. The Morgan fingerprint density at radius 3 is 2.30 bits per heavy atom. The third-order valence-corrected chi connectivity index (χ3v) is 4.85. The van der Waals surface area contributed by atoms with Gasteiger partial charge >= 0.3 is 0 Å². The van der Waals surface area contributed by atoms with E-state index in [2.05, 4.69) is 24.4 Å². The average molecular weight is 396 g/mol. The molecule has 1 N–H and O–H groups in total. The van der Waals surface area contributed by atoms with Crippen molar-refractivity contribution in [3.63, 3.8) is 0 Å². The van der Waals surface area contributed by atoms with Gasteiger partial charge in [0.15, 0.2) is 0 Å². The Balaban J connectivity index is 1.64. The predicted octanol–water partition coefficient (Wildman–Crippen LogP) is 5.74. The van der Waals surface area contributed by atoms with Crippen molar-refractivity contribution in [2.45, 2.75) is 27.4 Å². The lowest BCUT2D eigenvalue weighted by Crippen LogP contribution is -2.13. The number of carbonyl (C=O) groups is 1. The topological polar surface area (TPSA) is 62.1 Å². The third-order valence-electron chi connectivity index (χ3n) is 4.85. The largest absolute Gasteiger partial charge is 0.489 e. The number of carbonyl (C=O) groups excluding carboxylic acids is 1. The number of amides is 1. The number of nitrogens with one attached hydrogen (secondary N) is 1. The lowest BCUT2D eigenvalue weighted by Gasteiger charge is -2.08. The molecule has 3 aromatic carbocycles. The molecular weight excluding hydrogens is 372 g/mol. The van der Waals surface area contributed by atoms with Crippen molar-refractivity contribution in [3.8, 4) is 11.8 Å². The second kappa shape index (κ2) is 9.58. The molecule has 3 aromatic rings. The van der Waals surface area contributed by atoms with Crippen LogP contribution in [0.4, 0.5) is 5.69 Å². The zero-order valence-corrected chi connectivity index (χ0v) is 17.4. The van der Waals surface area contributed by atoms with Crippen molar-refractivity contribution in [2.24, 2.45) is 0 Å². The van der Waals surface area contributed by atoms with Gasteiger partial charge in [0.25, 0.3) is 5.91 Å². The molecule has 0 heterocycles. The van der Waals surface area contributed by atoms with Crippen LogP contribution in [0.5, 0.6) is 5.75 Å².